The summed E-state index contributed by atoms with van der Waals surface area (Å²) in [4.78, 5) is 11.9. The van der Waals surface area contributed by atoms with E-state index in [1.54, 1.807) is 7.11 Å². The Balaban J connectivity index is 1.74. The van der Waals surface area contributed by atoms with Gasteiger partial charge < -0.3 is 15.4 Å². The van der Waals surface area contributed by atoms with Crippen molar-refractivity contribution in [3.63, 3.8) is 0 Å². The van der Waals surface area contributed by atoms with Crippen molar-refractivity contribution in [1.29, 1.82) is 0 Å². The van der Waals surface area contributed by atoms with Crippen LogP contribution >= 0.6 is 0 Å². The molecule has 0 unspecified atom stereocenters. The largest absolute Gasteiger partial charge is 0.497 e. The van der Waals surface area contributed by atoms with E-state index in [2.05, 4.69) is 17.6 Å². The average Bonchev–Trinajstić information content (AvgIpc) is 2.48. The maximum absolute atomic E-state index is 11.9. The monoisotopic (exact) mass is 290 g/mol. The first-order chi connectivity index (χ1) is 10.1. The maximum Gasteiger partial charge on any atom is 0.238 e. The van der Waals surface area contributed by atoms with Crippen LogP contribution < -0.4 is 15.4 Å². The van der Waals surface area contributed by atoms with Crippen LogP contribution in [-0.4, -0.2) is 26.1 Å². The fraction of sp³-hybridized carbons (Fsp3) is 0.588. The summed E-state index contributed by atoms with van der Waals surface area (Å²) in [7, 11) is 1.62. The molecule has 1 aliphatic rings. The molecule has 0 spiro atoms. The van der Waals surface area contributed by atoms with Crippen molar-refractivity contribution in [1.82, 2.24) is 5.32 Å². The van der Waals surface area contributed by atoms with Crippen molar-refractivity contribution >= 4 is 11.6 Å². The Morgan fingerprint density at radius 2 is 2.05 bits per heavy atom. The predicted molar refractivity (Wildman–Crippen MR) is 85.7 cm³/mol. The third-order valence-corrected chi connectivity index (χ3v) is 4.25. The van der Waals surface area contributed by atoms with Gasteiger partial charge in [0.05, 0.1) is 13.7 Å². The third-order valence-electron chi connectivity index (χ3n) is 4.25. The minimum atomic E-state index is -0.0114. The van der Waals surface area contributed by atoms with Gasteiger partial charge in [-0.25, -0.2) is 0 Å². The van der Waals surface area contributed by atoms with Gasteiger partial charge >= 0.3 is 0 Å². The highest BCUT2D eigenvalue weighted by Gasteiger charge is 2.26. The van der Waals surface area contributed by atoms with Gasteiger partial charge in [-0.05, 0) is 30.4 Å². The summed E-state index contributed by atoms with van der Waals surface area (Å²) in [6, 6.07) is 7.41. The summed E-state index contributed by atoms with van der Waals surface area (Å²) < 4.78 is 5.14. The molecule has 21 heavy (non-hydrogen) atoms. The average molecular weight is 290 g/mol. The molecule has 1 fully saturated rings. The van der Waals surface area contributed by atoms with E-state index in [-0.39, 0.29) is 5.91 Å². The molecule has 0 radical (unpaired) electrons. The minimum Gasteiger partial charge on any atom is -0.497 e. The normalized spacial score (nSPS) is 17.2. The molecule has 0 bridgehead atoms. The van der Waals surface area contributed by atoms with E-state index in [4.69, 9.17) is 4.74 Å². The number of benzene rings is 1. The highest BCUT2D eigenvalue weighted by molar-refractivity contribution is 5.92. The van der Waals surface area contributed by atoms with E-state index in [0.29, 0.717) is 12.0 Å². The Labute approximate surface area is 127 Å². The van der Waals surface area contributed by atoms with E-state index in [1.807, 2.05) is 24.3 Å². The molecule has 0 heterocycles. The summed E-state index contributed by atoms with van der Waals surface area (Å²) in [5.74, 6) is 0.734. The SMILES string of the molecule is COc1cccc(NC(=O)CNCC2(C)CCCCC2)c1. The van der Waals surface area contributed by atoms with Crippen LogP contribution in [0.5, 0.6) is 5.75 Å². The molecule has 1 saturated carbocycles. The molecule has 116 valence electrons. The number of rotatable bonds is 6. The van der Waals surface area contributed by atoms with E-state index >= 15 is 0 Å². The molecular weight excluding hydrogens is 264 g/mol. The topological polar surface area (TPSA) is 50.4 Å². The summed E-state index contributed by atoms with van der Waals surface area (Å²) in [6.07, 6.45) is 6.50. The van der Waals surface area contributed by atoms with Crippen molar-refractivity contribution in [2.45, 2.75) is 39.0 Å². The predicted octanol–water partition coefficient (Wildman–Crippen LogP) is 3.19. The molecule has 2 N–H and O–H groups in total. The van der Waals surface area contributed by atoms with Gasteiger partial charge in [0.25, 0.3) is 0 Å². The number of ether oxygens (including phenoxy) is 1. The quantitative estimate of drug-likeness (QED) is 0.846. The lowest BCUT2D eigenvalue weighted by Gasteiger charge is -2.33. The summed E-state index contributed by atoms with van der Waals surface area (Å²) in [6.45, 7) is 3.59. The van der Waals surface area contributed by atoms with Crippen molar-refractivity contribution in [2.24, 2.45) is 5.41 Å². The van der Waals surface area contributed by atoms with Gasteiger partial charge in [0.15, 0.2) is 0 Å². The Kier molecular flexibility index (Phi) is 5.62. The molecule has 1 amide bonds. The van der Waals surface area contributed by atoms with Crippen LogP contribution in [0.4, 0.5) is 5.69 Å². The van der Waals surface area contributed by atoms with Crippen molar-refractivity contribution in [3.8, 4) is 5.75 Å². The van der Waals surface area contributed by atoms with E-state index in [0.717, 1.165) is 18.0 Å². The fourth-order valence-electron chi connectivity index (χ4n) is 2.97. The van der Waals surface area contributed by atoms with Crippen molar-refractivity contribution in [3.05, 3.63) is 24.3 Å². The number of amides is 1. The minimum absolute atomic E-state index is 0.0114. The second-order valence-corrected chi connectivity index (χ2v) is 6.26. The Bertz CT molecular complexity index is 468. The van der Waals surface area contributed by atoms with Crippen LogP contribution in [0.25, 0.3) is 0 Å². The molecule has 2 rings (SSSR count). The van der Waals surface area contributed by atoms with Gasteiger partial charge in [-0.1, -0.05) is 32.3 Å². The maximum atomic E-state index is 11.9. The molecule has 0 atom stereocenters. The Morgan fingerprint density at radius 1 is 1.29 bits per heavy atom. The zero-order valence-corrected chi connectivity index (χ0v) is 13.1. The molecule has 0 aromatic heterocycles. The zero-order chi connectivity index (χ0) is 15.1. The van der Waals surface area contributed by atoms with Crippen molar-refractivity contribution in [2.75, 3.05) is 25.5 Å². The van der Waals surface area contributed by atoms with Crippen LogP contribution in [0.2, 0.25) is 0 Å². The lowest BCUT2D eigenvalue weighted by atomic mass is 9.76. The van der Waals surface area contributed by atoms with Crippen molar-refractivity contribution < 1.29 is 9.53 Å². The van der Waals surface area contributed by atoms with Crippen LogP contribution in [0.3, 0.4) is 0 Å². The summed E-state index contributed by atoms with van der Waals surface area (Å²) in [5.41, 5.74) is 1.12. The third kappa shape index (κ3) is 5.05. The number of hydrogen-bond donors (Lipinski definition) is 2. The van der Waals surface area contributed by atoms with Gasteiger partial charge in [0.2, 0.25) is 5.91 Å². The lowest BCUT2D eigenvalue weighted by molar-refractivity contribution is -0.115. The van der Waals surface area contributed by atoms with Crippen LogP contribution in [-0.2, 0) is 4.79 Å². The molecule has 1 aromatic rings. The first kappa shape index (κ1) is 15.8. The van der Waals surface area contributed by atoms with Crippen LogP contribution in [0.1, 0.15) is 39.0 Å². The van der Waals surface area contributed by atoms with Gasteiger partial charge in [0.1, 0.15) is 5.75 Å². The number of methoxy groups -OCH3 is 1. The number of carbonyl (C=O) groups excluding carboxylic acids is 1. The second-order valence-electron chi connectivity index (χ2n) is 6.26. The zero-order valence-electron chi connectivity index (χ0n) is 13.1. The molecule has 0 saturated heterocycles. The molecule has 4 nitrogen and oxygen atoms in total. The summed E-state index contributed by atoms with van der Waals surface area (Å²) >= 11 is 0. The fourth-order valence-corrected chi connectivity index (χ4v) is 2.97. The Hall–Kier alpha value is -1.55. The highest BCUT2D eigenvalue weighted by atomic mass is 16.5. The lowest BCUT2D eigenvalue weighted by Crippen LogP contribution is -2.37. The summed E-state index contributed by atoms with van der Waals surface area (Å²) in [5, 5.41) is 6.19. The molecule has 0 aliphatic heterocycles. The number of anilines is 1. The molecule has 1 aliphatic carbocycles. The van der Waals surface area contributed by atoms with Crippen LogP contribution in [0.15, 0.2) is 24.3 Å². The van der Waals surface area contributed by atoms with E-state index in [1.165, 1.54) is 32.1 Å². The molecule has 1 aromatic carbocycles. The smallest absolute Gasteiger partial charge is 0.238 e. The number of hydrogen-bond acceptors (Lipinski definition) is 3. The molecule has 4 heteroatoms. The number of carbonyl (C=O) groups is 1. The highest BCUT2D eigenvalue weighted by Crippen LogP contribution is 2.34. The van der Waals surface area contributed by atoms with Gasteiger partial charge in [-0.15, -0.1) is 0 Å². The first-order valence-electron chi connectivity index (χ1n) is 7.76. The van der Waals surface area contributed by atoms with E-state index < -0.39 is 0 Å². The second kappa shape index (κ2) is 7.46. The molecular formula is C17H26N2O2. The van der Waals surface area contributed by atoms with E-state index in [9.17, 15) is 4.79 Å². The standard InChI is InChI=1S/C17H26N2O2/c1-17(9-4-3-5-10-17)13-18-12-16(20)19-14-7-6-8-15(11-14)21-2/h6-8,11,18H,3-5,9-10,12-13H2,1-2H3,(H,19,20). The van der Waals surface area contributed by atoms with Gasteiger partial charge in [-0.2, -0.15) is 0 Å². The van der Waals surface area contributed by atoms with Gasteiger partial charge in [0, 0.05) is 18.3 Å². The Morgan fingerprint density at radius 3 is 2.76 bits per heavy atom. The van der Waals surface area contributed by atoms with Crippen LogP contribution in [0, 0.1) is 5.41 Å². The number of nitrogens with one attached hydrogen (secondary N) is 2. The first-order valence-corrected chi connectivity index (χ1v) is 7.76. The van der Waals surface area contributed by atoms with Gasteiger partial charge in [-0.3, -0.25) is 4.79 Å².